The molecule has 1 saturated heterocycles. The first-order valence-corrected chi connectivity index (χ1v) is 7.44. The van der Waals surface area contributed by atoms with E-state index in [9.17, 15) is 0 Å². The predicted molar refractivity (Wildman–Crippen MR) is 75.6 cm³/mol. The molecule has 1 fully saturated rings. The largest absolute Gasteiger partial charge is 0.308 e. The van der Waals surface area contributed by atoms with Crippen LogP contribution in [-0.2, 0) is 0 Å². The van der Waals surface area contributed by atoms with Gasteiger partial charge in [-0.15, -0.1) is 11.3 Å². The van der Waals surface area contributed by atoms with E-state index in [0.717, 1.165) is 6.54 Å². The Hall–Kier alpha value is -0.380. The lowest BCUT2D eigenvalue weighted by atomic mass is 9.93. The first-order valence-electron chi connectivity index (χ1n) is 6.56. The molecule has 0 amide bonds. The van der Waals surface area contributed by atoms with Crippen molar-refractivity contribution in [3.05, 3.63) is 22.4 Å². The summed E-state index contributed by atoms with van der Waals surface area (Å²) in [5, 5.41) is 5.76. The number of hydrogen-bond acceptors (Lipinski definition) is 3. The Kier molecular flexibility index (Phi) is 4.23. The van der Waals surface area contributed by atoms with Crippen molar-refractivity contribution in [1.29, 1.82) is 0 Å². The third kappa shape index (κ3) is 3.80. The quantitative estimate of drug-likeness (QED) is 0.866. The molecule has 1 atom stereocenters. The number of nitrogens with one attached hydrogen (secondary N) is 1. The fourth-order valence-corrected chi connectivity index (χ4v) is 3.25. The van der Waals surface area contributed by atoms with Crippen molar-refractivity contribution in [2.75, 3.05) is 26.2 Å². The van der Waals surface area contributed by atoms with Gasteiger partial charge in [0.15, 0.2) is 0 Å². The summed E-state index contributed by atoms with van der Waals surface area (Å²) in [6.07, 6.45) is 1.34. The second-order valence-electron chi connectivity index (χ2n) is 5.88. The highest BCUT2D eigenvalue weighted by Gasteiger charge is 2.28. The molecule has 1 aliphatic heterocycles. The maximum atomic E-state index is 3.61. The molecule has 1 aliphatic rings. The molecule has 0 saturated carbocycles. The molecule has 3 heteroatoms. The van der Waals surface area contributed by atoms with E-state index in [-0.39, 0.29) is 0 Å². The first-order chi connectivity index (χ1) is 8.07. The molecule has 2 rings (SSSR count). The maximum absolute atomic E-state index is 3.61. The zero-order valence-electron chi connectivity index (χ0n) is 11.2. The molecule has 0 spiro atoms. The summed E-state index contributed by atoms with van der Waals surface area (Å²) in [6.45, 7) is 11.8. The van der Waals surface area contributed by atoms with Crippen molar-refractivity contribution in [2.45, 2.75) is 33.2 Å². The Morgan fingerprint density at radius 3 is 2.94 bits per heavy atom. The Labute approximate surface area is 109 Å². The van der Waals surface area contributed by atoms with Crippen molar-refractivity contribution < 1.29 is 0 Å². The van der Waals surface area contributed by atoms with Gasteiger partial charge in [-0.2, -0.15) is 0 Å². The van der Waals surface area contributed by atoms with Gasteiger partial charge in [0.25, 0.3) is 0 Å². The highest BCUT2D eigenvalue weighted by Crippen LogP contribution is 2.28. The first kappa shape index (κ1) is 13.1. The monoisotopic (exact) mass is 252 g/mol. The van der Waals surface area contributed by atoms with Crippen LogP contribution in [0.1, 0.15) is 38.1 Å². The van der Waals surface area contributed by atoms with Crippen LogP contribution in [0.3, 0.4) is 0 Å². The van der Waals surface area contributed by atoms with Crippen molar-refractivity contribution >= 4 is 11.3 Å². The highest BCUT2D eigenvalue weighted by molar-refractivity contribution is 7.10. The Balaban J connectivity index is 1.67. The molecule has 2 nitrogen and oxygen atoms in total. The molecule has 0 aliphatic carbocycles. The van der Waals surface area contributed by atoms with E-state index in [4.69, 9.17) is 0 Å². The lowest BCUT2D eigenvalue weighted by Gasteiger charge is -2.20. The summed E-state index contributed by atoms with van der Waals surface area (Å²) >= 11 is 1.84. The molecule has 1 unspecified atom stereocenters. The molecule has 0 aromatic carbocycles. The fourth-order valence-electron chi connectivity index (χ4n) is 2.49. The van der Waals surface area contributed by atoms with E-state index in [2.05, 4.69) is 48.5 Å². The van der Waals surface area contributed by atoms with Gasteiger partial charge in [0.1, 0.15) is 0 Å². The van der Waals surface area contributed by atoms with Crippen LogP contribution in [0.15, 0.2) is 17.5 Å². The summed E-state index contributed by atoms with van der Waals surface area (Å²) in [5.41, 5.74) is 0.527. The average Bonchev–Trinajstić information content (AvgIpc) is 2.87. The average molecular weight is 252 g/mol. The Morgan fingerprint density at radius 1 is 1.53 bits per heavy atom. The molecular formula is C14H24N2S. The smallest absolute Gasteiger partial charge is 0.0386 e. The van der Waals surface area contributed by atoms with Gasteiger partial charge in [-0.3, -0.25) is 0 Å². The highest BCUT2D eigenvalue weighted by atomic mass is 32.1. The van der Waals surface area contributed by atoms with Crippen LogP contribution in [0.5, 0.6) is 0 Å². The summed E-state index contributed by atoms with van der Waals surface area (Å²) < 4.78 is 0. The zero-order chi connectivity index (χ0) is 12.3. The van der Waals surface area contributed by atoms with E-state index in [1.54, 1.807) is 0 Å². The number of nitrogens with zero attached hydrogens (tertiary/aromatic N) is 1. The van der Waals surface area contributed by atoms with E-state index < -0.39 is 0 Å². The summed E-state index contributed by atoms with van der Waals surface area (Å²) in [5.74, 6) is 0. The second kappa shape index (κ2) is 5.51. The van der Waals surface area contributed by atoms with Crippen molar-refractivity contribution in [1.82, 2.24) is 10.2 Å². The van der Waals surface area contributed by atoms with Crippen LogP contribution < -0.4 is 5.32 Å². The summed E-state index contributed by atoms with van der Waals surface area (Å²) in [7, 11) is 0. The SMILES string of the molecule is CC(NCCN1CCC(C)(C)C1)c1cccs1. The lowest BCUT2D eigenvalue weighted by molar-refractivity contribution is 0.287. The van der Waals surface area contributed by atoms with Gasteiger partial charge in [0.2, 0.25) is 0 Å². The van der Waals surface area contributed by atoms with Crippen LogP contribution in [0.25, 0.3) is 0 Å². The molecule has 17 heavy (non-hydrogen) atoms. The van der Waals surface area contributed by atoms with Gasteiger partial charge in [0, 0.05) is 30.6 Å². The van der Waals surface area contributed by atoms with Crippen LogP contribution in [0, 0.1) is 5.41 Å². The Bertz CT molecular complexity index is 332. The van der Waals surface area contributed by atoms with Crippen LogP contribution >= 0.6 is 11.3 Å². The Morgan fingerprint density at radius 2 is 2.35 bits per heavy atom. The molecule has 1 aromatic heterocycles. The molecular weight excluding hydrogens is 228 g/mol. The van der Waals surface area contributed by atoms with Crippen molar-refractivity contribution in [2.24, 2.45) is 5.41 Å². The summed E-state index contributed by atoms with van der Waals surface area (Å²) in [6, 6.07) is 4.83. The van der Waals surface area contributed by atoms with Crippen LogP contribution in [0.4, 0.5) is 0 Å². The third-order valence-corrected chi connectivity index (χ3v) is 4.66. The molecule has 0 radical (unpaired) electrons. The minimum atomic E-state index is 0.491. The standard InChI is InChI=1S/C14H24N2S/c1-12(13-5-4-10-17-13)15-7-9-16-8-6-14(2,3)11-16/h4-5,10,12,15H,6-9,11H2,1-3H3. The summed E-state index contributed by atoms with van der Waals surface area (Å²) in [4.78, 5) is 4.01. The van der Waals surface area contributed by atoms with E-state index in [1.165, 1.54) is 30.9 Å². The minimum absolute atomic E-state index is 0.491. The number of rotatable bonds is 5. The predicted octanol–water partition coefficient (Wildman–Crippen LogP) is 3.13. The van der Waals surface area contributed by atoms with Gasteiger partial charge in [-0.25, -0.2) is 0 Å². The van der Waals surface area contributed by atoms with E-state index in [1.807, 2.05) is 11.3 Å². The fraction of sp³-hybridized carbons (Fsp3) is 0.714. The molecule has 0 bridgehead atoms. The van der Waals surface area contributed by atoms with Gasteiger partial charge in [-0.1, -0.05) is 19.9 Å². The third-order valence-electron chi connectivity index (χ3n) is 3.60. The van der Waals surface area contributed by atoms with Crippen LogP contribution in [0.2, 0.25) is 0 Å². The molecule has 1 N–H and O–H groups in total. The minimum Gasteiger partial charge on any atom is -0.308 e. The van der Waals surface area contributed by atoms with Crippen molar-refractivity contribution in [3.8, 4) is 0 Å². The van der Waals surface area contributed by atoms with E-state index >= 15 is 0 Å². The number of hydrogen-bond donors (Lipinski definition) is 1. The topological polar surface area (TPSA) is 15.3 Å². The van der Waals surface area contributed by atoms with Gasteiger partial charge >= 0.3 is 0 Å². The maximum Gasteiger partial charge on any atom is 0.0386 e. The van der Waals surface area contributed by atoms with Crippen molar-refractivity contribution in [3.63, 3.8) is 0 Å². The molecule has 1 aromatic rings. The molecule has 2 heterocycles. The van der Waals surface area contributed by atoms with E-state index in [0.29, 0.717) is 11.5 Å². The zero-order valence-corrected chi connectivity index (χ0v) is 12.0. The number of likely N-dealkylation sites (tertiary alicyclic amines) is 1. The normalized spacial score (nSPS) is 21.8. The lowest BCUT2D eigenvalue weighted by Crippen LogP contribution is -2.32. The van der Waals surface area contributed by atoms with Gasteiger partial charge < -0.3 is 10.2 Å². The molecule has 96 valence electrons. The van der Waals surface area contributed by atoms with Crippen LogP contribution in [-0.4, -0.2) is 31.1 Å². The number of thiophene rings is 1. The second-order valence-corrected chi connectivity index (χ2v) is 6.86. The van der Waals surface area contributed by atoms with Gasteiger partial charge in [-0.05, 0) is 36.8 Å². The van der Waals surface area contributed by atoms with Gasteiger partial charge in [0.05, 0.1) is 0 Å².